The molecule has 0 radical (unpaired) electrons. The summed E-state index contributed by atoms with van der Waals surface area (Å²) in [5.41, 5.74) is 0.959. The summed E-state index contributed by atoms with van der Waals surface area (Å²) in [7, 11) is 0. The predicted molar refractivity (Wildman–Crippen MR) is 58.4 cm³/mol. The van der Waals surface area contributed by atoms with E-state index < -0.39 is 0 Å². The Labute approximate surface area is 88.6 Å². The number of nitrogens with zero attached hydrogens (tertiary/aromatic N) is 1. The van der Waals surface area contributed by atoms with Crippen molar-refractivity contribution in [3.05, 3.63) is 17.5 Å². The Hall–Kier alpha value is -0.480. The van der Waals surface area contributed by atoms with E-state index in [1.165, 1.54) is 24.3 Å². The van der Waals surface area contributed by atoms with Crippen LogP contribution in [0, 0.1) is 6.92 Å². The average Bonchev–Trinajstić information content (AvgIpc) is 2.63. The van der Waals surface area contributed by atoms with Crippen molar-refractivity contribution in [2.75, 3.05) is 11.5 Å². The van der Waals surface area contributed by atoms with Gasteiger partial charge in [-0.05, 0) is 31.3 Å². The summed E-state index contributed by atoms with van der Waals surface area (Å²) < 4.78 is 5.14. The van der Waals surface area contributed by atoms with Crippen molar-refractivity contribution in [2.24, 2.45) is 0 Å². The Morgan fingerprint density at radius 1 is 1.57 bits per heavy atom. The molecule has 1 N–H and O–H groups in total. The summed E-state index contributed by atoms with van der Waals surface area (Å²) in [6, 6.07) is 2.66. The maximum Gasteiger partial charge on any atom is 0.150 e. The Kier molecular flexibility index (Phi) is 3.48. The van der Waals surface area contributed by atoms with E-state index in [2.05, 4.69) is 10.5 Å². The first-order valence-electron chi connectivity index (χ1n) is 5.08. The lowest BCUT2D eigenvalue weighted by atomic mass is 10.1. The first-order valence-corrected chi connectivity index (χ1v) is 6.23. The Balaban J connectivity index is 1.76. The topological polar surface area (TPSA) is 38.1 Å². The summed E-state index contributed by atoms with van der Waals surface area (Å²) in [6.07, 6.45) is 2.55. The van der Waals surface area contributed by atoms with Gasteiger partial charge in [-0.2, -0.15) is 11.8 Å². The van der Waals surface area contributed by atoms with Crippen molar-refractivity contribution in [3.8, 4) is 0 Å². The van der Waals surface area contributed by atoms with E-state index in [9.17, 15) is 0 Å². The van der Waals surface area contributed by atoms with Crippen LogP contribution >= 0.6 is 11.8 Å². The minimum absolute atomic E-state index is 0.668. The minimum atomic E-state index is 0.668. The highest BCUT2D eigenvalue weighted by atomic mass is 32.2. The molecular formula is C10H16N2OS. The van der Waals surface area contributed by atoms with Gasteiger partial charge < -0.3 is 9.84 Å². The zero-order chi connectivity index (χ0) is 9.80. The number of aryl methyl sites for hydroxylation is 1. The normalized spacial score (nSPS) is 18.6. The van der Waals surface area contributed by atoms with E-state index in [0.717, 1.165) is 18.0 Å². The predicted octanol–water partition coefficient (Wildman–Crippen LogP) is 1.97. The van der Waals surface area contributed by atoms with E-state index in [1.54, 1.807) is 0 Å². The molecule has 1 aromatic rings. The molecule has 0 spiro atoms. The molecule has 78 valence electrons. The minimum Gasteiger partial charge on any atom is -0.360 e. The van der Waals surface area contributed by atoms with Gasteiger partial charge in [0.1, 0.15) is 0 Å². The number of hydrogen-bond acceptors (Lipinski definition) is 4. The number of hydrogen-bond donors (Lipinski definition) is 1. The van der Waals surface area contributed by atoms with Crippen LogP contribution in [0.4, 0.5) is 0 Å². The number of thioether (sulfide) groups is 1. The van der Waals surface area contributed by atoms with Gasteiger partial charge in [-0.3, -0.25) is 0 Å². The van der Waals surface area contributed by atoms with Gasteiger partial charge in [-0.1, -0.05) is 5.16 Å². The van der Waals surface area contributed by atoms with Crippen LogP contribution in [0.2, 0.25) is 0 Å². The summed E-state index contributed by atoms with van der Waals surface area (Å²) >= 11 is 2.05. The number of rotatable bonds is 3. The molecule has 2 rings (SSSR count). The molecule has 1 fully saturated rings. The van der Waals surface area contributed by atoms with Crippen molar-refractivity contribution in [1.82, 2.24) is 10.5 Å². The maximum absolute atomic E-state index is 5.14. The zero-order valence-electron chi connectivity index (χ0n) is 8.45. The number of nitrogens with one attached hydrogen (secondary N) is 1. The summed E-state index contributed by atoms with van der Waals surface area (Å²) in [4.78, 5) is 0. The Bertz CT molecular complexity index is 281. The lowest BCUT2D eigenvalue weighted by Gasteiger charge is -2.21. The van der Waals surface area contributed by atoms with Crippen LogP contribution in [-0.2, 0) is 6.54 Å². The molecule has 0 unspecified atom stereocenters. The van der Waals surface area contributed by atoms with E-state index in [-0.39, 0.29) is 0 Å². The third kappa shape index (κ3) is 2.75. The molecule has 3 nitrogen and oxygen atoms in total. The second-order valence-corrected chi connectivity index (χ2v) is 4.93. The van der Waals surface area contributed by atoms with Crippen molar-refractivity contribution in [2.45, 2.75) is 32.4 Å². The van der Waals surface area contributed by atoms with Crippen LogP contribution in [0.25, 0.3) is 0 Å². The van der Waals surface area contributed by atoms with Gasteiger partial charge in [0, 0.05) is 12.1 Å². The van der Waals surface area contributed by atoms with Crippen LogP contribution < -0.4 is 5.32 Å². The van der Waals surface area contributed by atoms with Crippen molar-refractivity contribution >= 4 is 11.8 Å². The molecule has 1 aliphatic rings. The maximum atomic E-state index is 5.14. The van der Waals surface area contributed by atoms with Gasteiger partial charge in [0.25, 0.3) is 0 Å². The van der Waals surface area contributed by atoms with Gasteiger partial charge in [0.15, 0.2) is 5.76 Å². The molecule has 0 aliphatic carbocycles. The van der Waals surface area contributed by atoms with E-state index in [1.807, 2.05) is 24.8 Å². The highest BCUT2D eigenvalue weighted by Gasteiger charge is 2.13. The van der Waals surface area contributed by atoms with Crippen LogP contribution in [0.1, 0.15) is 24.3 Å². The first-order chi connectivity index (χ1) is 6.84. The van der Waals surface area contributed by atoms with Gasteiger partial charge in [-0.15, -0.1) is 0 Å². The summed E-state index contributed by atoms with van der Waals surface area (Å²) in [6.45, 7) is 2.76. The second-order valence-electron chi connectivity index (χ2n) is 3.70. The van der Waals surface area contributed by atoms with Gasteiger partial charge in [0.2, 0.25) is 0 Å². The van der Waals surface area contributed by atoms with Crippen LogP contribution in [0.3, 0.4) is 0 Å². The molecular weight excluding hydrogens is 196 g/mol. The van der Waals surface area contributed by atoms with Crippen molar-refractivity contribution in [3.63, 3.8) is 0 Å². The van der Waals surface area contributed by atoms with Gasteiger partial charge in [0.05, 0.1) is 12.2 Å². The smallest absolute Gasteiger partial charge is 0.150 e. The second kappa shape index (κ2) is 4.84. The molecule has 4 heteroatoms. The summed E-state index contributed by atoms with van der Waals surface area (Å²) in [5.74, 6) is 3.51. The molecule has 0 saturated carbocycles. The zero-order valence-corrected chi connectivity index (χ0v) is 9.27. The highest BCUT2D eigenvalue weighted by Crippen LogP contribution is 2.17. The third-order valence-electron chi connectivity index (χ3n) is 2.46. The molecule has 0 amide bonds. The van der Waals surface area contributed by atoms with E-state index in [4.69, 9.17) is 4.52 Å². The van der Waals surface area contributed by atoms with Crippen molar-refractivity contribution < 1.29 is 4.52 Å². The largest absolute Gasteiger partial charge is 0.360 e. The fraction of sp³-hybridized carbons (Fsp3) is 0.700. The molecule has 2 heterocycles. The van der Waals surface area contributed by atoms with Crippen LogP contribution in [-0.4, -0.2) is 22.7 Å². The molecule has 1 aromatic heterocycles. The molecule has 0 atom stereocenters. The molecule has 0 aromatic carbocycles. The lowest BCUT2D eigenvalue weighted by Crippen LogP contribution is -2.31. The fourth-order valence-corrected chi connectivity index (χ4v) is 2.75. The lowest BCUT2D eigenvalue weighted by molar-refractivity contribution is 0.355. The highest BCUT2D eigenvalue weighted by molar-refractivity contribution is 7.99. The quantitative estimate of drug-likeness (QED) is 0.831. The number of aromatic nitrogens is 1. The van der Waals surface area contributed by atoms with Gasteiger partial charge >= 0.3 is 0 Å². The molecule has 1 aliphatic heterocycles. The van der Waals surface area contributed by atoms with Crippen LogP contribution in [0.15, 0.2) is 10.6 Å². The third-order valence-corrected chi connectivity index (χ3v) is 3.51. The van der Waals surface area contributed by atoms with Crippen molar-refractivity contribution in [1.29, 1.82) is 0 Å². The molecule has 0 bridgehead atoms. The first kappa shape index (κ1) is 10.1. The Morgan fingerprint density at radius 2 is 2.36 bits per heavy atom. The standard InChI is InChI=1S/C10H16N2OS/c1-8-6-10(13-12-8)7-11-9-2-4-14-5-3-9/h6,9,11H,2-5,7H2,1H3. The fourth-order valence-electron chi connectivity index (χ4n) is 1.65. The van der Waals surface area contributed by atoms with E-state index >= 15 is 0 Å². The summed E-state index contributed by atoms with van der Waals surface area (Å²) in [5, 5.41) is 7.37. The van der Waals surface area contributed by atoms with Gasteiger partial charge in [-0.25, -0.2) is 0 Å². The monoisotopic (exact) mass is 212 g/mol. The average molecular weight is 212 g/mol. The van der Waals surface area contributed by atoms with E-state index in [0.29, 0.717) is 6.04 Å². The SMILES string of the molecule is Cc1cc(CNC2CCSCC2)on1. The molecule has 1 saturated heterocycles. The Morgan fingerprint density at radius 3 is 3.00 bits per heavy atom. The van der Waals surface area contributed by atoms with Crippen LogP contribution in [0.5, 0.6) is 0 Å². The molecule has 14 heavy (non-hydrogen) atoms.